The number of ether oxygens (including phenoxy) is 1. The molecular formula is C14H17Cl2OTi. The Morgan fingerprint density at radius 2 is 2.06 bits per heavy atom. The molecule has 0 aromatic rings. The third-order valence-corrected chi connectivity index (χ3v) is 4.36. The first kappa shape index (κ1) is 18.2. The number of halogens is 2. The van der Waals surface area contributed by atoms with Gasteiger partial charge in [0.25, 0.3) is 0 Å². The van der Waals surface area contributed by atoms with Crippen molar-refractivity contribution < 1.29 is 50.0 Å². The van der Waals surface area contributed by atoms with Crippen molar-refractivity contribution in [1.29, 1.82) is 0 Å². The van der Waals surface area contributed by atoms with Gasteiger partial charge in [-0.2, -0.15) is 0 Å². The molecule has 0 bridgehead atoms. The molecule has 0 radical (unpaired) electrons. The molecule has 0 saturated carbocycles. The summed E-state index contributed by atoms with van der Waals surface area (Å²) in [5, 5.41) is 0. The fourth-order valence-electron chi connectivity index (χ4n) is 2.34. The van der Waals surface area contributed by atoms with Crippen molar-refractivity contribution in [1.82, 2.24) is 0 Å². The molecule has 0 heterocycles. The van der Waals surface area contributed by atoms with E-state index < -0.39 is 0 Å². The van der Waals surface area contributed by atoms with E-state index in [2.05, 4.69) is 57.7 Å². The van der Waals surface area contributed by atoms with Gasteiger partial charge >= 0.3 is 109 Å². The van der Waals surface area contributed by atoms with Crippen LogP contribution in [0.3, 0.4) is 0 Å². The molecule has 0 N–H and O–H groups in total. The Labute approximate surface area is 134 Å². The van der Waals surface area contributed by atoms with E-state index in [1.807, 2.05) is 7.11 Å². The summed E-state index contributed by atoms with van der Waals surface area (Å²) in [5.74, 6) is 0. The van der Waals surface area contributed by atoms with Crippen LogP contribution in [-0.2, 0) is 25.2 Å². The molecule has 4 heteroatoms. The second-order valence-corrected chi connectivity index (χ2v) is 5.41. The number of methoxy groups -OCH3 is 1. The first-order chi connectivity index (χ1) is 7.68. The van der Waals surface area contributed by atoms with E-state index in [9.17, 15) is 0 Å². The molecule has 0 amide bonds. The van der Waals surface area contributed by atoms with Gasteiger partial charge in [-0.1, -0.05) is 0 Å². The molecule has 0 saturated heterocycles. The van der Waals surface area contributed by atoms with E-state index >= 15 is 0 Å². The maximum absolute atomic E-state index is 5.81. The van der Waals surface area contributed by atoms with Crippen LogP contribution in [0.1, 0.15) is 26.2 Å². The zero-order chi connectivity index (χ0) is 11.6. The van der Waals surface area contributed by atoms with Crippen LogP contribution in [0, 0.1) is 0 Å². The Bertz CT molecular complexity index is 410. The van der Waals surface area contributed by atoms with E-state index in [0.717, 1.165) is 19.3 Å². The number of allylic oxidation sites excluding steroid dienone is 5. The van der Waals surface area contributed by atoms with Crippen molar-refractivity contribution >= 4 is 0 Å². The maximum atomic E-state index is 5.81. The number of rotatable bonds is 3. The maximum Gasteiger partial charge on any atom is -1.00 e. The summed E-state index contributed by atoms with van der Waals surface area (Å²) >= 11 is 2.22. The van der Waals surface area contributed by atoms with Crippen molar-refractivity contribution in [2.45, 2.75) is 31.8 Å². The smallest absolute Gasteiger partial charge is 1.00 e. The molecule has 2 rings (SSSR count). The molecule has 1 unspecified atom stereocenters. The average molecular weight is 320 g/mol. The van der Waals surface area contributed by atoms with Gasteiger partial charge in [0.05, 0.1) is 0 Å². The molecular weight excluding hydrogens is 303 g/mol. The molecule has 97 valence electrons. The molecule has 1 atom stereocenters. The summed E-state index contributed by atoms with van der Waals surface area (Å²) in [7, 11) is 1.82. The van der Waals surface area contributed by atoms with Gasteiger partial charge in [-0.15, -0.1) is 0 Å². The number of hydrogen-bond acceptors (Lipinski definition) is 1. The number of hydrogen-bond donors (Lipinski definition) is 0. The van der Waals surface area contributed by atoms with Crippen LogP contribution < -0.4 is 24.8 Å². The summed E-state index contributed by atoms with van der Waals surface area (Å²) in [4.78, 5) is 0. The van der Waals surface area contributed by atoms with Gasteiger partial charge in [-0.3, -0.25) is 0 Å². The van der Waals surface area contributed by atoms with E-state index in [1.165, 1.54) is 15.0 Å². The Balaban J connectivity index is 0.00000144. The standard InChI is InChI=1S/C14H17O.2ClH.Ti/c1-12-7-5-6-10-14(12,15-2)11-13-8-3-4-9-13;;;/h3,5-8H,4,10-11H2,1-2H3;2*1H;/q;;;+2/p-2. The van der Waals surface area contributed by atoms with E-state index in [4.69, 9.17) is 4.74 Å². The van der Waals surface area contributed by atoms with Crippen LogP contribution in [0.15, 0.2) is 45.4 Å². The molecule has 0 aromatic carbocycles. The Morgan fingerprint density at radius 1 is 1.33 bits per heavy atom. The third kappa shape index (κ3) is 3.62. The first-order valence-corrected chi connectivity index (χ1v) is 6.45. The monoisotopic (exact) mass is 319 g/mol. The van der Waals surface area contributed by atoms with Crippen LogP contribution in [0.4, 0.5) is 0 Å². The quantitative estimate of drug-likeness (QED) is 0.520. The first-order valence-electron chi connectivity index (χ1n) is 5.67. The van der Waals surface area contributed by atoms with Gasteiger partial charge < -0.3 is 24.8 Å². The van der Waals surface area contributed by atoms with E-state index in [0.29, 0.717) is 0 Å². The SMILES string of the molecule is COC1(CC2=[C]([Ti+2])CC=C2)CC=CC=C1C.[Cl-].[Cl-]. The van der Waals surface area contributed by atoms with Crippen LogP contribution in [-0.4, -0.2) is 12.7 Å². The second kappa shape index (κ2) is 7.72. The zero-order valence-electron chi connectivity index (χ0n) is 10.7. The normalized spacial score (nSPS) is 25.7. The predicted octanol–water partition coefficient (Wildman–Crippen LogP) is -2.56. The molecule has 2 aliphatic carbocycles. The molecule has 2 aliphatic rings. The third-order valence-electron chi connectivity index (χ3n) is 3.54. The van der Waals surface area contributed by atoms with Crippen molar-refractivity contribution in [2.75, 3.05) is 7.11 Å². The van der Waals surface area contributed by atoms with Gasteiger partial charge in [0.2, 0.25) is 0 Å². The summed E-state index contributed by atoms with van der Waals surface area (Å²) < 4.78 is 7.30. The van der Waals surface area contributed by atoms with Gasteiger partial charge in [-0.25, -0.2) is 0 Å². The summed E-state index contributed by atoms with van der Waals surface area (Å²) in [6, 6.07) is 0. The van der Waals surface area contributed by atoms with Gasteiger partial charge in [0.1, 0.15) is 0 Å². The van der Waals surface area contributed by atoms with Crippen LogP contribution >= 0.6 is 0 Å². The second-order valence-electron chi connectivity index (χ2n) is 4.47. The molecule has 18 heavy (non-hydrogen) atoms. The van der Waals surface area contributed by atoms with Gasteiger partial charge in [0.15, 0.2) is 0 Å². The minimum absolute atomic E-state index is 0. The van der Waals surface area contributed by atoms with Crippen molar-refractivity contribution in [3.63, 3.8) is 0 Å². The van der Waals surface area contributed by atoms with Gasteiger partial charge in [0, 0.05) is 0 Å². The van der Waals surface area contributed by atoms with Gasteiger partial charge in [-0.05, 0) is 0 Å². The minimum atomic E-state index is -0.111. The van der Waals surface area contributed by atoms with Crippen LogP contribution in [0.2, 0.25) is 0 Å². The molecule has 1 nitrogen and oxygen atoms in total. The van der Waals surface area contributed by atoms with Crippen molar-refractivity contribution in [2.24, 2.45) is 0 Å². The van der Waals surface area contributed by atoms with E-state index in [-0.39, 0.29) is 30.4 Å². The Morgan fingerprint density at radius 3 is 2.56 bits per heavy atom. The predicted molar refractivity (Wildman–Crippen MR) is 62.7 cm³/mol. The zero-order valence-corrected chi connectivity index (χ0v) is 13.7. The van der Waals surface area contributed by atoms with E-state index in [1.54, 1.807) is 0 Å². The minimum Gasteiger partial charge on any atom is -1.00 e. The molecule has 0 aromatic heterocycles. The van der Waals surface area contributed by atoms with Crippen LogP contribution in [0.5, 0.6) is 0 Å². The Hall–Kier alpha value is 0.214. The average Bonchev–Trinajstić information content (AvgIpc) is 2.68. The molecule has 0 fully saturated rings. The van der Waals surface area contributed by atoms with Crippen LogP contribution in [0.25, 0.3) is 0 Å². The largest absolute Gasteiger partial charge is 1.00 e. The Kier molecular flexibility index (Phi) is 7.81. The topological polar surface area (TPSA) is 9.23 Å². The summed E-state index contributed by atoms with van der Waals surface area (Å²) in [6.45, 7) is 2.17. The molecule has 0 spiro atoms. The summed E-state index contributed by atoms with van der Waals surface area (Å²) in [5.41, 5.74) is 2.67. The fourth-order valence-corrected chi connectivity index (χ4v) is 2.79. The fraction of sp³-hybridized carbons (Fsp3) is 0.429. The summed E-state index contributed by atoms with van der Waals surface area (Å²) in [6.07, 6.45) is 14.1. The molecule has 0 aliphatic heterocycles. The van der Waals surface area contributed by atoms with Crippen molar-refractivity contribution in [3.05, 3.63) is 45.4 Å². The van der Waals surface area contributed by atoms with Crippen molar-refractivity contribution in [3.8, 4) is 0 Å².